The Kier molecular flexibility index (Phi) is 5.95. The van der Waals surface area contributed by atoms with Crippen LogP contribution >= 0.6 is 23.1 Å². The molecule has 0 unspecified atom stereocenters. The molecule has 5 nitrogen and oxygen atoms in total. The first-order valence-corrected chi connectivity index (χ1v) is 11.0. The first-order valence-electron chi connectivity index (χ1n) is 9.22. The van der Waals surface area contributed by atoms with Crippen molar-refractivity contribution in [2.75, 3.05) is 5.75 Å². The molecule has 28 heavy (non-hydrogen) atoms. The number of aryl methyl sites for hydroxylation is 3. The van der Waals surface area contributed by atoms with Crippen LogP contribution in [-0.4, -0.2) is 27.3 Å². The Bertz CT molecular complexity index is 1110. The SMILES string of the molecule is Cc1cccc(-n2c(SCC(=O)NC(C)C)nc3sc(C)c(C)c3c2=O)c1C. The summed E-state index contributed by atoms with van der Waals surface area (Å²) >= 11 is 2.82. The number of carbonyl (C=O) groups is 1. The van der Waals surface area contributed by atoms with Gasteiger partial charge in [0.25, 0.3) is 5.56 Å². The summed E-state index contributed by atoms with van der Waals surface area (Å²) in [6.07, 6.45) is 0. The van der Waals surface area contributed by atoms with E-state index in [0.29, 0.717) is 10.5 Å². The number of hydrogen-bond acceptors (Lipinski definition) is 5. The molecule has 0 saturated heterocycles. The summed E-state index contributed by atoms with van der Waals surface area (Å²) in [6, 6.07) is 5.98. The summed E-state index contributed by atoms with van der Waals surface area (Å²) < 4.78 is 1.66. The highest BCUT2D eigenvalue weighted by Gasteiger charge is 2.20. The van der Waals surface area contributed by atoms with E-state index in [-0.39, 0.29) is 23.3 Å². The summed E-state index contributed by atoms with van der Waals surface area (Å²) in [4.78, 5) is 32.2. The highest BCUT2D eigenvalue weighted by molar-refractivity contribution is 7.99. The Morgan fingerprint density at radius 1 is 1.21 bits per heavy atom. The molecule has 3 aromatic rings. The Morgan fingerprint density at radius 3 is 2.61 bits per heavy atom. The van der Waals surface area contributed by atoms with E-state index in [0.717, 1.165) is 32.1 Å². The zero-order chi connectivity index (χ0) is 20.6. The predicted octanol–water partition coefficient (Wildman–Crippen LogP) is 4.30. The Hall–Kier alpha value is -2.12. The second-order valence-corrected chi connectivity index (χ2v) is 9.37. The molecule has 1 amide bonds. The van der Waals surface area contributed by atoms with Crippen LogP contribution in [0.5, 0.6) is 0 Å². The number of rotatable bonds is 5. The smallest absolute Gasteiger partial charge is 0.267 e. The second-order valence-electron chi connectivity index (χ2n) is 7.23. The minimum absolute atomic E-state index is 0.0691. The van der Waals surface area contributed by atoms with E-state index in [1.54, 1.807) is 4.57 Å². The number of aromatic nitrogens is 2. The van der Waals surface area contributed by atoms with Crippen molar-refractivity contribution in [2.45, 2.75) is 52.7 Å². The van der Waals surface area contributed by atoms with Gasteiger partial charge in [-0.25, -0.2) is 4.98 Å². The summed E-state index contributed by atoms with van der Waals surface area (Å²) in [5, 5.41) is 4.10. The minimum Gasteiger partial charge on any atom is -0.353 e. The number of carbonyl (C=O) groups excluding carboxylic acids is 1. The van der Waals surface area contributed by atoms with E-state index in [1.165, 1.54) is 23.1 Å². The third kappa shape index (κ3) is 3.86. The third-order valence-electron chi connectivity index (χ3n) is 4.77. The van der Waals surface area contributed by atoms with Crippen molar-refractivity contribution < 1.29 is 4.79 Å². The molecular formula is C21H25N3O2S2. The van der Waals surface area contributed by atoms with Gasteiger partial charge in [0.15, 0.2) is 5.16 Å². The number of nitrogens with zero attached hydrogens (tertiary/aromatic N) is 2. The van der Waals surface area contributed by atoms with Gasteiger partial charge in [0.2, 0.25) is 5.91 Å². The zero-order valence-corrected chi connectivity index (χ0v) is 18.7. The molecule has 0 spiro atoms. The lowest BCUT2D eigenvalue weighted by atomic mass is 10.1. The van der Waals surface area contributed by atoms with Crippen LogP contribution in [0.15, 0.2) is 28.2 Å². The Labute approximate surface area is 173 Å². The molecule has 1 aromatic carbocycles. The average Bonchev–Trinajstić information content (AvgIpc) is 2.90. The molecule has 0 aliphatic heterocycles. The van der Waals surface area contributed by atoms with Crippen molar-refractivity contribution in [3.05, 3.63) is 50.1 Å². The number of benzene rings is 1. The second kappa shape index (κ2) is 8.09. The van der Waals surface area contributed by atoms with Crippen molar-refractivity contribution in [3.8, 4) is 5.69 Å². The van der Waals surface area contributed by atoms with Crippen LogP contribution in [0.2, 0.25) is 0 Å². The van der Waals surface area contributed by atoms with Gasteiger partial charge in [0.05, 0.1) is 16.8 Å². The lowest BCUT2D eigenvalue weighted by molar-refractivity contribution is -0.119. The summed E-state index contributed by atoms with van der Waals surface area (Å²) in [7, 11) is 0. The maximum atomic E-state index is 13.5. The van der Waals surface area contributed by atoms with Gasteiger partial charge in [-0.2, -0.15) is 0 Å². The van der Waals surface area contributed by atoms with Crippen molar-refractivity contribution in [1.29, 1.82) is 0 Å². The number of nitrogens with one attached hydrogen (secondary N) is 1. The molecule has 0 saturated carbocycles. The van der Waals surface area contributed by atoms with Crippen LogP contribution in [0.3, 0.4) is 0 Å². The van der Waals surface area contributed by atoms with Gasteiger partial charge in [0, 0.05) is 10.9 Å². The third-order valence-corrected chi connectivity index (χ3v) is 6.81. The first kappa shape index (κ1) is 20.6. The fourth-order valence-electron chi connectivity index (χ4n) is 3.06. The number of fused-ring (bicyclic) bond motifs is 1. The Morgan fingerprint density at radius 2 is 1.93 bits per heavy atom. The molecule has 148 valence electrons. The molecule has 0 aliphatic carbocycles. The highest BCUT2D eigenvalue weighted by Crippen LogP contribution is 2.30. The highest BCUT2D eigenvalue weighted by atomic mass is 32.2. The molecule has 7 heteroatoms. The first-order chi connectivity index (χ1) is 13.2. The van der Waals surface area contributed by atoms with Gasteiger partial charge in [-0.05, 0) is 64.3 Å². The monoisotopic (exact) mass is 415 g/mol. The van der Waals surface area contributed by atoms with Crippen molar-refractivity contribution >= 4 is 39.2 Å². The van der Waals surface area contributed by atoms with Gasteiger partial charge in [-0.3, -0.25) is 14.2 Å². The molecule has 0 aliphatic rings. The predicted molar refractivity (Wildman–Crippen MR) is 118 cm³/mol. The van der Waals surface area contributed by atoms with E-state index in [2.05, 4.69) is 5.32 Å². The largest absolute Gasteiger partial charge is 0.353 e. The molecule has 0 bridgehead atoms. The van der Waals surface area contributed by atoms with E-state index in [1.807, 2.05) is 59.7 Å². The van der Waals surface area contributed by atoms with E-state index >= 15 is 0 Å². The molecular weight excluding hydrogens is 390 g/mol. The van der Waals surface area contributed by atoms with Crippen LogP contribution in [-0.2, 0) is 4.79 Å². The van der Waals surface area contributed by atoms with Crippen molar-refractivity contribution in [1.82, 2.24) is 14.9 Å². The molecule has 0 radical (unpaired) electrons. The maximum Gasteiger partial charge on any atom is 0.267 e. The number of hydrogen-bond donors (Lipinski definition) is 1. The fourth-order valence-corrected chi connectivity index (χ4v) is 4.94. The van der Waals surface area contributed by atoms with Gasteiger partial charge in [-0.15, -0.1) is 11.3 Å². The summed E-state index contributed by atoms with van der Waals surface area (Å²) in [5.41, 5.74) is 3.85. The standard InChI is InChI=1S/C21H25N3O2S2/c1-11(2)22-17(25)10-27-21-23-19-18(14(5)15(6)28-19)20(26)24(21)16-9-7-8-12(3)13(16)4/h7-9,11H,10H2,1-6H3,(H,22,25). The molecule has 0 atom stereocenters. The number of thiophene rings is 1. The molecule has 3 rings (SSSR count). The normalized spacial score (nSPS) is 11.4. The van der Waals surface area contributed by atoms with Gasteiger partial charge >= 0.3 is 0 Å². The van der Waals surface area contributed by atoms with E-state index < -0.39 is 0 Å². The summed E-state index contributed by atoms with van der Waals surface area (Å²) in [5.74, 6) is 0.144. The minimum atomic E-state index is -0.0766. The zero-order valence-electron chi connectivity index (χ0n) is 17.0. The van der Waals surface area contributed by atoms with Crippen LogP contribution < -0.4 is 10.9 Å². The van der Waals surface area contributed by atoms with Crippen LogP contribution in [0.4, 0.5) is 0 Å². The quantitative estimate of drug-likeness (QED) is 0.498. The van der Waals surface area contributed by atoms with Crippen molar-refractivity contribution in [2.24, 2.45) is 0 Å². The Balaban J connectivity index is 2.19. The van der Waals surface area contributed by atoms with Gasteiger partial charge in [0.1, 0.15) is 4.83 Å². The number of thioether (sulfide) groups is 1. The van der Waals surface area contributed by atoms with Crippen molar-refractivity contribution in [3.63, 3.8) is 0 Å². The molecule has 2 aromatic heterocycles. The average molecular weight is 416 g/mol. The van der Waals surface area contributed by atoms with Crippen LogP contribution in [0, 0.1) is 27.7 Å². The topological polar surface area (TPSA) is 64.0 Å². The molecule has 1 N–H and O–H groups in total. The van der Waals surface area contributed by atoms with Crippen LogP contribution in [0.1, 0.15) is 35.4 Å². The lowest BCUT2D eigenvalue weighted by Gasteiger charge is -2.16. The molecule has 2 heterocycles. The van der Waals surface area contributed by atoms with E-state index in [9.17, 15) is 9.59 Å². The van der Waals surface area contributed by atoms with Gasteiger partial charge in [-0.1, -0.05) is 23.9 Å². The lowest BCUT2D eigenvalue weighted by Crippen LogP contribution is -2.32. The van der Waals surface area contributed by atoms with Gasteiger partial charge < -0.3 is 5.32 Å². The van der Waals surface area contributed by atoms with Crippen LogP contribution in [0.25, 0.3) is 15.9 Å². The summed E-state index contributed by atoms with van der Waals surface area (Å²) in [6.45, 7) is 11.9. The fraction of sp³-hybridized carbons (Fsp3) is 0.381. The number of amides is 1. The van der Waals surface area contributed by atoms with E-state index in [4.69, 9.17) is 4.98 Å². The molecule has 0 fully saturated rings. The maximum absolute atomic E-state index is 13.5.